The van der Waals surface area contributed by atoms with Gasteiger partial charge in [-0.1, -0.05) is 28.1 Å². The van der Waals surface area contributed by atoms with Crippen molar-refractivity contribution in [1.82, 2.24) is 10.6 Å². The Hall–Kier alpha value is -0.380. The topological polar surface area (TPSA) is 24.1 Å². The van der Waals surface area contributed by atoms with E-state index in [1.165, 1.54) is 31.4 Å². The molecule has 0 aromatic heterocycles. The van der Waals surface area contributed by atoms with Crippen molar-refractivity contribution < 1.29 is 0 Å². The third kappa shape index (κ3) is 4.08. The summed E-state index contributed by atoms with van der Waals surface area (Å²) in [7, 11) is 0. The van der Waals surface area contributed by atoms with Crippen molar-refractivity contribution >= 4 is 15.9 Å². The molecule has 3 atom stereocenters. The van der Waals surface area contributed by atoms with Crippen molar-refractivity contribution in [3.05, 3.63) is 34.3 Å². The molecule has 1 aromatic carbocycles. The van der Waals surface area contributed by atoms with Crippen molar-refractivity contribution in [3.8, 4) is 0 Å². The number of nitrogens with one attached hydrogen (secondary N) is 2. The van der Waals surface area contributed by atoms with Gasteiger partial charge in [-0.25, -0.2) is 0 Å². The van der Waals surface area contributed by atoms with Gasteiger partial charge in [-0.2, -0.15) is 0 Å². The Kier molecular flexibility index (Phi) is 5.22. The molecule has 2 rings (SSSR count). The summed E-state index contributed by atoms with van der Waals surface area (Å²) in [6, 6.07) is 10.3. The van der Waals surface area contributed by atoms with Crippen LogP contribution in [0.5, 0.6) is 0 Å². The van der Waals surface area contributed by atoms with Crippen LogP contribution in [0.4, 0.5) is 0 Å². The van der Waals surface area contributed by atoms with Gasteiger partial charge >= 0.3 is 0 Å². The first-order valence-electron chi connectivity index (χ1n) is 6.90. The molecule has 0 spiro atoms. The van der Waals surface area contributed by atoms with E-state index < -0.39 is 0 Å². The second-order valence-corrected chi connectivity index (χ2v) is 6.29. The van der Waals surface area contributed by atoms with E-state index in [9.17, 15) is 0 Å². The van der Waals surface area contributed by atoms with E-state index in [1.54, 1.807) is 0 Å². The van der Waals surface area contributed by atoms with E-state index in [0.29, 0.717) is 18.1 Å². The normalized spacial score (nSPS) is 22.9. The number of rotatable bonds is 5. The molecule has 0 aliphatic carbocycles. The highest BCUT2D eigenvalue weighted by atomic mass is 79.9. The van der Waals surface area contributed by atoms with Crippen LogP contribution in [0, 0.1) is 0 Å². The molecule has 0 bridgehead atoms. The molecule has 18 heavy (non-hydrogen) atoms. The first-order valence-corrected chi connectivity index (χ1v) is 7.69. The summed E-state index contributed by atoms with van der Waals surface area (Å²) < 4.78 is 1.14. The van der Waals surface area contributed by atoms with Crippen LogP contribution in [0.25, 0.3) is 0 Å². The Labute approximate surface area is 119 Å². The second-order valence-electron chi connectivity index (χ2n) is 5.37. The smallest absolute Gasteiger partial charge is 0.0294 e. The van der Waals surface area contributed by atoms with Gasteiger partial charge in [-0.3, -0.25) is 0 Å². The first-order chi connectivity index (χ1) is 8.65. The van der Waals surface area contributed by atoms with Gasteiger partial charge in [0.05, 0.1) is 0 Å². The molecular formula is C15H23BrN2. The maximum absolute atomic E-state index is 3.69. The van der Waals surface area contributed by atoms with Crippen LogP contribution < -0.4 is 10.6 Å². The van der Waals surface area contributed by atoms with Crippen LogP contribution >= 0.6 is 15.9 Å². The summed E-state index contributed by atoms with van der Waals surface area (Å²) in [6.45, 7) is 5.72. The quantitative estimate of drug-likeness (QED) is 0.868. The predicted octanol–water partition coefficient (Wildman–Crippen LogP) is 3.63. The van der Waals surface area contributed by atoms with E-state index in [2.05, 4.69) is 64.7 Å². The van der Waals surface area contributed by atoms with Crippen LogP contribution in [0.15, 0.2) is 28.7 Å². The van der Waals surface area contributed by atoms with Gasteiger partial charge in [0, 0.05) is 22.6 Å². The van der Waals surface area contributed by atoms with Crippen LogP contribution in [0.1, 0.15) is 44.7 Å². The third-order valence-corrected chi connectivity index (χ3v) is 4.23. The molecule has 100 valence electrons. The van der Waals surface area contributed by atoms with Gasteiger partial charge in [0.2, 0.25) is 0 Å². The number of hydrogen-bond donors (Lipinski definition) is 2. The fourth-order valence-corrected chi connectivity index (χ4v) is 2.99. The maximum atomic E-state index is 3.69. The minimum atomic E-state index is 0.412. The van der Waals surface area contributed by atoms with E-state index in [4.69, 9.17) is 0 Å². The lowest BCUT2D eigenvalue weighted by molar-refractivity contribution is 0.407. The van der Waals surface area contributed by atoms with E-state index >= 15 is 0 Å². The average molecular weight is 311 g/mol. The first kappa shape index (κ1) is 14.0. The minimum Gasteiger partial charge on any atom is -0.314 e. The lowest BCUT2D eigenvalue weighted by atomic mass is 10.0. The molecule has 3 heteroatoms. The zero-order chi connectivity index (χ0) is 13.0. The fourth-order valence-electron chi connectivity index (χ4n) is 2.73. The molecule has 2 N–H and O–H groups in total. The average Bonchev–Trinajstić information content (AvgIpc) is 2.82. The molecule has 1 saturated heterocycles. The SMILES string of the molecule is CC(CC1CCCN1)N[C@@H](C)c1ccc(Br)cc1. The van der Waals surface area contributed by atoms with Crippen molar-refractivity contribution in [2.45, 2.75) is 51.2 Å². The third-order valence-electron chi connectivity index (χ3n) is 3.70. The molecule has 1 fully saturated rings. The second kappa shape index (κ2) is 6.69. The molecular weight excluding hydrogens is 288 g/mol. The monoisotopic (exact) mass is 310 g/mol. The Bertz CT molecular complexity index is 357. The van der Waals surface area contributed by atoms with Crippen molar-refractivity contribution in [3.63, 3.8) is 0 Å². The van der Waals surface area contributed by atoms with Gasteiger partial charge in [-0.15, -0.1) is 0 Å². The summed E-state index contributed by atoms with van der Waals surface area (Å²) in [5.41, 5.74) is 1.35. The van der Waals surface area contributed by atoms with Crippen LogP contribution in [0.3, 0.4) is 0 Å². The molecule has 1 aliphatic rings. The molecule has 1 aliphatic heterocycles. The predicted molar refractivity (Wildman–Crippen MR) is 80.8 cm³/mol. The zero-order valence-corrected chi connectivity index (χ0v) is 12.8. The summed E-state index contributed by atoms with van der Waals surface area (Å²) in [4.78, 5) is 0. The van der Waals surface area contributed by atoms with E-state index in [1.807, 2.05) is 0 Å². The Morgan fingerprint density at radius 3 is 2.67 bits per heavy atom. The number of benzene rings is 1. The molecule has 2 nitrogen and oxygen atoms in total. The van der Waals surface area contributed by atoms with Crippen LogP contribution in [-0.2, 0) is 0 Å². The van der Waals surface area contributed by atoms with Crippen molar-refractivity contribution in [2.24, 2.45) is 0 Å². The summed E-state index contributed by atoms with van der Waals surface area (Å²) in [5.74, 6) is 0. The summed E-state index contributed by atoms with van der Waals surface area (Å²) >= 11 is 3.48. The zero-order valence-electron chi connectivity index (χ0n) is 11.2. The van der Waals surface area contributed by atoms with Crippen LogP contribution in [-0.4, -0.2) is 18.6 Å². The van der Waals surface area contributed by atoms with Gasteiger partial charge in [-0.05, 0) is 57.4 Å². The Balaban J connectivity index is 1.82. The standard InChI is InChI=1S/C15H23BrN2/c1-11(10-15-4-3-9-17-15)18-12(2)13-5-7-14(16)8-6-13/h5-8,11-12,15,17-18H,3-4,9-10H2,1-2H3/t11?,12-,15?/m0/s1. The molecule has 2 unspecified atom stereocenters. The lowest BCUT2D eigenvalue weighted by Crippen LogP contribution is -2.35. The largest absolute Gasteiger partial charge is 0.314 e. The summed E-state index contributed by atoms with van der Waals surface area (Å²) in [5, 5.41) is 7.25. The highest BCUT2D eigenvalue weighted by Crippen LogP contribution is 2.18. The van der Waals surface area contributed by atoms with Gasteiger partial charge in [0.15, 0.2) is 0 Å². The molecule has 0 amide bonds. The van der Waals surface area contributed by atoms with Gasteiger partial charge in [0.1, 0.15) is 0 Å². The Morgan fingerprint density at radius 1 is 1.33 bits per heavy atom. The summed E-state index contributed by atoms with van der Waals surface area (Å²) in [6.07, 6.45) is 3.89. The fraction of sp³-hybridized carbons (Fsp3) is 0.600. The highest BCUT2D eigenvalue weighted by Gasteiger charge is 2.18. The highest BCUT2D eigenvalue weighted by molar-refractivity contribution is 9.10. The lowest BCUT2D eigenvalue weighted by Gasteiger charge is -2.23. The minimum absolute atomic E-state index is 0.412. The molecule has 0 saturated carbocycles. The van der Waals surface area contributed by atoms with Crippen molar-refractivity contribution in [1.29, 1.82) is 0 Å². The number of hydrogen-bond acceptors (Lipinski definition) is 2. The van der Waals surface area contributed by atoms with E-state index in [0.717, 1.165) is 4.47 Å². The van der Waals surface area contributed by atoms with Gasteiger partial charge < -0.3 is 10.6 Å². The van der Waals surface area contributed by atoms with E-state index in [-0.39, 0.29) is 0 Å². The van der Waals surface area contributed by atoms with Gasteiger partial charge in [0.25, 0.3) is 0 Å². The van der Waals surface area contributed by atoms with Crippen LogP contribution in [0.2, 0.25) is 0 Å². The Morgan fingerprint density at radius 2 is 2.06 bits per heavy atom. The van der Waals surface area contributed by atoms with Crippen molar-refractivity contribution in [2.75, 3.05) is 6.54 Å². The molecule has 1 aromatic rings. The molecule has 0 radical (unpaired) electrons. The maximum Gasteiger partial charge on any atom is 0.0294 e. The number of halogens is 1. The molecule has 1 heterocycles.